The molecule has 0 aliphatic heterocycles. The van der Waals surface area contributed by atoms with Gasteiger partial charge in [0.25, 0.3) is 0 Å². The Morgan fingerprint density at radius 1 is 1.35 bits per heavy atom. The summed E-state index contributed by atoms with van der Waals surface area (Å²) in [6, 6.07) is 5.91. The lowest BCUT2D eigenvalue weighted by atomic mass is 10.1. The summed E-state index contributed by atoms with van der Waals surface area (Å²) in [6.45, 7) is 4.82. The number of nitrogens with two attached hydrogens (primary N) is 1. The van der Waals surface area contributed by atoms with Crippen molar-refractivity contribution in [2.24, 2.45) is 5.73 Å². The smallest absolute Gasteiger partial charge is 0.147 e. The highest BCUT2D eigenvalue weighted by Gasteiger charge is 2.06. The van der Waals surface area contributed by atoms with Crippen LogP contribution in [0.5, 0.6) is 5.75 Å². The van der Waals surface area contributed by atoms with Crippen LogP contribution >= 0.6 is 0 Å². The molecule has 0 atom stereocenters. The fourth-order valence-electron chi connectivity index (χ4n) is 1.98. The average Bonchev–Trinajstić information content (AvgIpc) is 2.75. The first-order valence-corrected chi connectivity index (χ1v) is 6.38. The van der Waals surface area contributed by atoms with Gasteiger partial charge in [0.05, 0.1) is 25.8 Å². The Bertz CT molecular complexity index is 664. The molecule has 0 unspecified atom stereocenters. The van der Waals surface area contributed by atoms with Crippen molar-refractivity contribution in [3.05, 3.63) is 41.0 Å². The van der Waals surface area contributed by atoms with Crippen molar-refractivity contribution in [1.82, 2.24) is 14.8 Å². The molecule has 0 aliphatic rings. The number of hydrogen-bond acceptors (Lipinski definition) is 4. The van der Waals surface area contributed by atoms with Crippen LogP contribution in [0.1, 0.15) is 22.8 Å². The first kappa shape index (κ1) is 14.1. The minimum Gasteiger partial charge on any atom is -0.495 e. The second-order valence-corrected chi connectivity index (χ2v) is 4.40. The number of ether oxygens (including phenoxy) is 1. The summed E-state index contributed by atoms with van der Waals surface area (Å²) in [5.74, 6) is 8.30. The molecule has 0 amide bonds. The van der Waals surface area contributed by atoms with E-state index in [0.29, 0.717) is 13.1 Å². The molecule has 0 fully saturated rings. The van der Waals surface area contributed by atoms with Crippen LogP contribution in [-0.2, 0) is 6.54 Å². The molecular formula is C15H18N4O. The van der Waals surface area contributed by atoms with E-state index in [9.17, 15) is 0 Å². The Morgan fingerprint density at radius 3 is 2.75 bits per heavy atom. The molecule has 5 nitrogen and oxygen atoms in total. The third kappa shape index (κ3) is 3.16. The molecule has 2 N–H and O–H groups in total. The van der Waals surface area contributed by atoms with Crippen molar-refractivity contribution in [2.75, 3.05) is 13.7 Å². The van der Waals surface area contributed by atoms with E-state index in [2.05, 4.69) is 21.9 Å². The van der Waals surface area contributed by atoms with Crippen molar-refractivity contribution in [2.45, 2.75) is 20.4 Å². The Kier molecular flexibility index (Phi) is 4.38. The summed E-state index contributed by atoms with van der Waals surface area (Å²) in [4.78, 5) is 4.30. The van der Waals surface area contributed by atoms with Crippen LogP contribution in [0.25, 0.3) is 0 Å². The fourth-order valence-corrected chi connectivity index (χ4v) is 1.98. The predicted molar refractivity (Wildman–Crippen MR) is 77.5 cm³/mol. The van der Waals surface area contributed by atoms with Gasteiger partial charge in [-0.15, -0.1) is 0 Å². The minimum absolute atomic E-state index is 0.328. The van der Waals surface area contributed by atoms with Gasteiger partial charge in [0.1, 0.15) is 17.4 Å². The van der Waals surface area contributed by atoms with Gasteiger partial charge in [0, 0.05) is 0 Å². The summed E-state index contributed by atoms with van der Waals surface area (Å²) in [6.07, 6.45) is 0. The van der Waals surface area contributed by atoms with Gasteiger partial charge in [-0.25, -0.2) is 9.67 Å². The number of hydrogen-bond donors (Lipinski definition) is 1. The van der Waals surface area contributed by atoms with Crippen LogP contribution < -0.4 is 10.5 Å². The van der Waals surface area contributed by atoms with Crippen molar-refractivity contribution in [3.8, 4) is 17.6 Å². The largest absolute Gasteiger partial charge is 0.495 e. The molecule has 0 radical (unpaired) electrons. The minimum atomic E-state index is 0.328. The number of benzene rings is 1. The zero-order chi connectivity index (χ0) is 14.5. The summed E-state index contributed by atoms with van der Waals surface area (Å²) in [5.41, 5.74) is 7.35. The van der Waals surface area contributed by atoms with Gasteiger partial charge in [0.2, 0.25) is 0 Å². The number of rotatable bonds is 3. The van der Waals surface area contributed by atoms with Crippen LogP contribution in [-0.4, -0.2) is 28.4 Å². The second-order valence-electron chi connectivity index (χ2n) is 4.40. The van der Waals surface area contributed by atoms with Crippen LogP contribution in [0.15, 0.2) is 18.2 Å². The van der Waals surface area contributed by atoms with Gasteiger partial charge in [-0.3, -0.25) is 0 Å². The monoisotopic (exact) mass is 270 g/mol. The van der Waals surface area contributed by atoms with Crippen LogP contribution in [0.4, 0.5) is 0 Å². The SMILES string of the molecule is COc1ccc(Cn2nc(C)nc2C)cc1C#CCN. The Balaban J connectivity index is 2.31. The molecule has 0 bridgehead atoms. The third-order valence-corrected chi connectivity index (χ3v) is 2.88. The Hall–Kier alpha value is -2.32. The van der Waals surface area contributed by atoms with Crippen LogP contribution in [0.3, 0.4) is 0 Å². The third-order valence-electron chi connectivity index (χ3n) is 2.88. The van der Waals surface area contributed by atoms with Gasteiger partial charge in [-0.1, -0.05) is 17.9 Å². The van der Waals surface area contributed by atoms with Gasteiger partial charge in [0.15, 0.2) is 0 Å². The van der Waals surface area contributed by atoms with Crippen molar-refractivity contribution in [1.29, 1.82) is 0 Å². The summed E-state index contributed by atoms with van der Waals surface area (Å²) >= 11 is 0. The van der Waals surface area contributed by atoms with Gasteiger partial charge in [-0.2, -0.15) is 5.10 Å². The quantitative estimate of drug-likeness (QED) is 0.853. The topological polar surface area (TPSA) is 66.0 Å². The lowest BCUT2D eigenvalue weighted by molar-refractivity contribution is 0.413. The van der Waals surface area contributed by atoms with Gasteiger partial charge >= 0.3 is 0 Å². The maximum atomic E-state index is 5.42. The zero-order valence-electron chi connectivity index (χ0n) is 12.0. The molecule has 0 saturated heterocycles. The summed E-state index contributed by atoms with van der Waals surface area (Å²) in [7, 11) is 1.63. The normalized spacial score (nSPS) is 10.0. The van der Waals surface area contributed by atoms with Gasteiger partial charge in [-0.05, 0) is 31.5 Å². The Labute approximate surface area is 118 Å². The van der Waals surface area contributed by atoms with E-state index in [4.69, 9.17) is 10.5 Å². The molecule has 0 aliphatic carbocycles. The Morgan fingerprint density at radius 2 is 2.15 bits per heavy atom. The summed E-state index contributed by atoms with van der Waals surface area (Å²) < 4.78 is 7.17. The van der Waals surface area contributed by atoms with E-state index in [0.717, 1.165) is 28.5 Å². The van der Waals surface area contributed by atoms with Crippen molar-refractivity contribution < 1.29 is 4.74 Å². The van der Waals surface area contributed by atoms with Gasteiger partial charge < -0.3 is 10.5 Å². The average molecular weight is 270 g/mol. The predicted octanol–water partition coefficient (Wildman–Crippen LogP) is 1.26. The standard InChI is InChI=1S/C15H18N4O/c1-11-17-12(2)19(18-11)10-13-6-7-15(20-3)14(9-13)5-4-8-16/h6-7,9H,8,10,16H2,1-3H3. The highest BCUT2D eigenvalue weighted by Crippen LogP contribution is 2.19. The van der Waals surface area contributed by atoms with Crippen LogP contribution in [0.2, 0.25) is 0 Å². The lowest BCUT2D eigenvalue weighted by Gasteiger charge is -2.07. The van der Waals surface area contributed by atoms with E-state index < -0.39 is 0 Å². The molecule has 0 spiro atoms. The number of aryl methyl sites for hydroxylation is 2. The molecule has 1 heterocycles. The molecule has 5 heteroatoms. The maximum Gasteiger partial charge on any atom is 0.147 e. The number of methoxy groups -OCH3 is 1. The van der Waals surface area contributed by atoms with Crippen molar-refractivity contribution >= 4 is 0 Å². The molecule has 1 aromatic carbocycles. The van der Waals surface area contributed by atoms with Crippen LogP contribution in [0, 0.1) is 25.7 Å². The van der Waals surface area contributed by atoms with E-state index >= 15 is 0 Å². The molecule has 0 saturated carbocycles. The molecule has 1 aromatic heterocycles. The second kappa shape index (κ2) is 6.22. The first-order valence-electron chi connectivity index (χ1n) is 6.38. The van der Waals surface area contributed by atoms with E-state index in [-0.39, 0.29) is 0 Å². The highest BCUT2D eigenvalue weighted by atomic mass is 16.5. The number of nitrogens with zero attached hydrogens (tertiary/aromatic N) is 3. The molecule has 2 rings (SSSR count). The van der Waals surface area contributed by atoms with E-state index in [1.54, 1.807) is 7.11 Å². The van der Waals surface area contributed by atoms with E-state index in [1.165, 1.54) is 0 Å². The fraction of sp³-hybridized carbons (Fsp3) is 0.333. The molecular weight excluding hydrogens is 252 g/mol. The highest BCUT2D eigenvalue weighted by molar-refractivity contribution is 5.48. The molecule has 2 aromatic rings. The van der Waals surface area contributed by atoms with E-state index in [1.807, 2.05) is 36.7 Å². The zero-order valence-corrected chi connectivity index (χ0v) is 12.0. The molecule has 104 valence electrons. The molecule has 20 heavy (non-hydrogen) atoms. The summed E-state index contributed by atoms with van der Waals surface area (Å²) in [5, 5.41) is 4.36. The maximum absolute atomic E-state index is 5.42. The first-order chi connectivity index (χ1) is 9.63. The number of aromatic nitrogens is 3. The lowest BCUT2D eigenvalue weighted by Crippen LogP contribution is -2.05. The van der Waals surface area contributed by atoms with Crippen molar-refractivity contribution in [3.63, 3.8) is 0 Å².